The molecule has 2 aromatic rings. The van der Waals surface area contributed by atoms with Gasteiger partial charge in [-0.1, -0.05) is 29.3 Å². The summed E-state index contributed by atoms with van der Waals surface area (Å²) in [5.74, 6) is -1.33. The zero-order valence-corrected chi connectivity index (χ0v) is 13.7. The Morgan fingerprint density at radius 2 is 1.73 bits per heavy atom. The predicted molar refractivity (Wildman–Crippen MR) is 81.5 cm³/mol. The number of benzene rings is 2. The maximum absolute atomic E-state index is 13.7. The van der Waals surface area contributed by atoms with Crippen molar-refractivity contribution >= 4 is 33.2 Å². The Kier molecular flexibility index (Phi) is 5.07. The summed E-state index contributed by atoms with van der Waals surface area (Å²) in [5.41, 5.74) is 0.0588. The molecule has 0 radical (unpaired) electrons. The predicted octanol–water partition coefficient (Wildman–Crippen LogP) is 4.09. The first-order chi connectivity index (χ1) is 10.2. The molecule has 0 atom stereocenters. The second kappa shape index (κ2) is 6.50. The van der Waals surface area contributed by atoms with E-state index in [9.17, 15) is 17.2 Å². The van der Waals surface area contributed by atoms with Gasteiger partial charge in [0.2, 0.25) is 10.0 Å². The Labute approximate surface area is 137 Å². The Morgan fingerprint density at radius 3 is 2.32 bits per heavy atom. The molecule has 0 aliphatic rings. The van der Waals surface area contributed by atoms with Gasteiger partial charge < -0.3 is 0 Å². The summed E-state index contributed by atoms with van der Waals surface area (Å²) in [6, 6.07) is 7.14. The van der Waals surface area contributed by atoms with Crippen molar-refractivity contribution in [1.29, 1.82) is 0 Å². The third-order valence-electron chi connectivity index (χ3n) is 3.04. The molecule has 0 amide bonds. The van der Waals surface area contributed by atoms with E-state index in [1.165, 1.54) is 25.2 Å². The highest BCUT2D eigenvalue weighted by Crippen LogP contribution is 2.25. The van der Waals surface area contributed by atoms with E-state index in [-0.39, 0.29) is 27.0 Å². The van der Waals surface area contributed by atoms with Gasteiger partial charge in [-0.3, -0.25) is 0 Å². The largest absolute Gasteiger partial charge is 0.243 e. The maximum Gasteiger partial charge on any atom is 0.243 e. The third kappa shape index (κ3) is 3.41. The van der Waals surface area contributed by atoms with Crippen molar-refractivity contribution in [1.82, 2.24) is 4.31 Å². The quantitative estimate of drug-likeness (QED) is 0.817. The molecule has 0 aliphatic heterocycles. The molecule has 0 heterocycles. The van der Waals surface area contributed by atoms with Crippen LogP contribution in [-0.2, 0) is 16.6 Å². The minimum Gasteiger partial charge on any atom is -0.207 e. The summed E-state index contributed by atoms with van der Waals surface area (Å²) in [4.78, 5) is -0.186. The molecule has 22 heavy (non-hydrogen) atoms. The number of sulfonamides is 1. The van der Waals surface area contributed by atoms with Gasteiger partial charge in [-0.05, 0) is 30.3 Å². The molecule has 0 unspecified atom stereocenters. The van der Waals surface area contributed by atoms with Gasteiger partial charge in [0, 0.05) is 24.2 Å². The third-order valence-corrected chi connectivity index (χ3v) is 5.48. The van der Waals surface area contributed by atoms with Gasteiger partial charge in [-0.25, -0.2) is 17.2 Å². The van der Waals surface area contributed by atoms with Crippen LogP contribution in [0.4, 0.5) is 8.78 Å². The minimum absolute atomic E-state index is 0.0588. The van der Waals surface area contributed by atoms with Crippen molar-refractivity contribution in [2.75, 3.05) is 7.05 Å². The van der Waals surface area contributed by atoms with Crippen LogP contribution in [0.5, 0.6) is 0 Å². The van der Waals surface area contributed by atoms with E-state index in [4.69, 9.17) is 23.2 Å². The number of halogens is 4. The van der Waals surface area contributed by atoms with Crippen LogP contribution in [0.3, 0.4) is 0 Å². The van der Waals surface area contributed by atoms with Crippen LogP contribution in [0.2, 0.25) is 10.0 Å². The summed E-state index contributed by atoms with van der Waals surface area (Å²) >= 11 is 11.5. The number of nitrogens with zero attached hydrogens (tertiary/aromatic N) is 1. The number of hydrogen-bond donors (Lipinski definition) is 0. The van der Waals surface area contributed by atoms with Crippen LogP contribution < -0.4 is 0 Å². The highest BCUT2D eigenvalue weighted by atomic mass is 35.5. The van der Waals surface area contributed by atoms with Crippen LogP contribution in [0.15, 0.2) is 41.3 Å². The fourth-order valence-electron chi connectivity index (χ4n) is 1.81. The van der Waals surface area contributed by atoms with Crippen LogP contribution in [-0.4, -0.2) is 19.8 Å². The van der Waals surface area contributed by atoms with Gasteiger partial charge in [-0.15, -0.1) is 0 Å². The topological polar surface area (TPSA) is 37.4 Å². The van der Waals surface area contributed by atoms with Crippen molar-refractivity contribution in [2.45, 2.75) is 11.4 Å². The molecule has 118 valence electrons. The van der Waals surface area contributed by atoms with Gasteiger partial charge in [0.25, 0.3) is 0 Å². The molecule has 0 aliphatic carbocycles. The Balaban J connectivity index is 2.35. The molecule has 2 rings (SSSR count). The molecule has 3 nitrogen and oxygen atoms in total. The Bertz CT molecular complexity index is 792. The lowest BCUT2D eigenvalue weighted by atomic mass is 10.2. The Hall–Kier alpha value is -1.21. The van der Waals surface area contributed by atoms with Crippen LogP contribution in [0, 0.1) is 11.6 Å². The monoisotopic (exact) mass is 365 g/mol. The molecular formula is C14H11Cl2F2NO2S. The normalized spacial score (nSPS) is 11.9. The van der Waals surface area contributed by atoms with Gasteiger partial charge in [0.1, 0.15) is 11.6 Å². The molecule has 0 fully saturated rings. The first-order valence-corrected chi connectivity index (χ1v) is 8.27. The van der Waals surface area contributed by atoms with Gasteiger partial charge in [0.15, 0.2) is 0 Å². The molecular weight excluding hydrogens is 355 g/mol. The highest BCUT2D eigenvalue weighted by molar-refractivity contribution is 7.89. The summed E-state index contributed by atoms with van der Waals surface area (Å²) in [7, 11) is -2.68. The Morgan fingerprint density at radius 1 is 1.05 bits per heavy atom. The lowest BCUT2D eigenvalue weighted by molar-refractivity contribution is 0.456. The average molecular weight is 366 g/mol. The van der Waals surface area contributed by atoms with Crippen molar-refractivity contribution in [3.05, 3.63) is 63.6 Å². The number of rotatable bonds is 4. The van der Waals surface area contributed by atoms with Crippen molar-refractivity contribution in [2.24, 2.45) is 0 Å². The van der Waals surface area contributed by atoms with Gasteiger partial charge in [-0.2, -0.15) is 4.31 Å². The summed E-state index contributed by atoms with van der Waals surface area (Å²) < 4.78 is 52.6. The van der Waals surface area contributed by atoms with Crippen molar-refractivity contribution < 1.29 is 17.2 Å². The molecule has 8 heteroatoms. The number of hydrogen-bond acceptors (Lipinski definition) is 2. The zero-order valence-electron chi connectivity index (χ0n) is 11.4. The lowest BCUT2D eigenvalue weighted by Crippen LogP contribution is -2.27. The highest BCUT2D eigenvalue weighted by Gasteiger charge is 2.23. The molecule has 0 aromatic heterocycles. The molecule has 2 aromatic carbocycles. The van der Waals surface area contributed by atoms with E-state index < -0.39 is 21.7 Å². The summed E-state index contributed by atoms with van der Waals surface area (Å²) in [6.45, 7) is -0.261. The SMILES string of the molecule is CN(Cc1c(F)cccc1Cl)S(=O)(=O)c1ccc(F)c(Cl)c1. The molecule has 0 N–H and O–H groups in total. The van der Waals surface area contributed by atoms with Crippen molar-refractivity contribution in [3.8, 4) is 0 Å². The van der Waals surface area contributed by atoms with Crippen LogP contribution in [0.1, 0.15) is 5.56 Å². The van der Waals surface area contributed by atoms with E-state index in [2.05, 4.69) is 0 Å². The van der Waals surface area contributed by atoms with Gasteiger partial charge >= 0.3 is 0 Å². The van der Waals surface area contributed by atoms with E-state index in [0.717, 1.165) is 22.5 Å². The maximum atomic E-state index is 13.7. The fraction of sp³-hybridized carbons (Fsp3) is 0.143. The summed E-state index contributed by atoms with van der Waals surface area (Å²) in [5, 5.41) is -0.183. The van der Waals surface area contributed by atoms with E-state index in [1.54, 1.807) is 0 Å². The fourth-order valence-corrected chi connectivity index (χ4v) is 3.44. The average Bonchev–Trinajstić information content (AvgIpc) is 2.45. The first-order valence-electron chi connectivity index (χ1n) is 6.08. The summed E-state index contributed by atoms with van der Waals surface area (Å²) in [6.07, 6.45) is 0. The second-order valence-electron chi connectivity index (χ2n) is 4.54. The molecule has 0 spiro atoms. The smallest absolute Gasteiger partial charge is 0.207 e. The zero-order chi connectivity index (χ0) is 16.5. The van der Waals surface area contributed by atoms with E-state index in [0.29, 0.717) is 0 Å². The van der Waals surface area contributed by atoms with E-state index >= 15 is 0 Å². The van der Waals surface area contributed by atoms with Crippen molar-refractivity contribution in [3.63, 3.8) is 0 Å². The van der Waals surface area contributed by atoms with E-state index in [1.807, 2.05) is 0 Å². The lowest BCUT2D eigenvalue weighted by Gasteiger charge is -2.18. The molecule has 0 bridgehead atoms. The molecule has 0 saturated carbocycles. The molecule has 0 saturated heterocycles. The van der Waals surface area contributed by atoms with Crippen LogP contribution >= 0.6 is 23.2 Å². The standard InChI is InChI=1S/C14H11Cl2F2NO2S/c1-19(8-10-11(15)3-2-4-13(10)17)22(20,21)9-5-6-14(18)12(16)7-9/h2-7H,8H2,1H3. The first kappa shape index (κ1) is 17.1. The second-order valence-corrected chi connectivity index (χ2v) is 7.40. The van der Waals surface area contributed by atoms with Crippen LogP contribution in [0.25, 0.3) is 0 Å². The minimum atomic E-state index is -3.95. The van der Waals surface area contributed by atoms with Gasteiger partial charge in [0.05, 0.1) is 9.92 Å².